The van der Waals surface area contributed by atoms with Gasteiger partial charge in [0.15, 0.2) is 0 Å². The highest BCUT2D eigenvalue weighted by atomic mass is 16.3. The summed E-state index contributed by atoms with van der Waals surface area (Å²) < 4.78 is 0. The molecule has 0 aromatic carbocycles. The third kappa shape index (κ3) is 3.55. The Bertz CT molecular complexity index is 411. The molecule has 3 unspecified atom stereocenters. The fourth-order valence-corrected chi connectivity index (χ4v) is 3.28. The first kappa shape index (κ1) is 14.8. The summed E-state index contributed by atoms with van der Waals surface area (Å²) >= 11 is 0. The molecule has 3 atom stereocenters. The van der Waals surface area contributed by atoms with Gasteiger partial charge in [0, 0.05) is 44.6 Å². The Kier molecular flexibility index (Phi) is 4.45. The maximum Gasteiger partial charge on any atom is 0.225 e. The van der Waals surface area contributed by atoms with Gasteiger partial charge >= 0.3 is 0 Å². The first-order valence-electron chi connectivity index (χ1n) is 8.10. The van der Waals surface area contributed by atoms with Gasteiger partial charge in [-0.25, -0.2) is 0 Å². The van der Waals surface area contributed by atoms with E-state index in [-0.39, 0.29) is 35.7 Å². The van der Waals surface area contributed by atoms with Crippen molar-refractivity contribution >= 4 is 11.8 Å². The third-order valence-electron chi connectivity index (χ3n) is 4.87. The molecule has 3 N–H and O–H groups in total. The van der Waals surface area contributed by atoms with Crippen molar-refractivity contribution in [3.05, 3.63) is 0 Å². The number of hydrogen-bond acceptors (Lipinski definition) is 4. The van der Waals surface area contributed by atoms with E-state index in [4.69, 9.17) is 0 Å². The lowest BCUT2D eigenvalue weighted by atomic mass is 9.96. The van der Waals surface area contributed by atoms with Crippen LogP contribution in [0.25, 0.3) is 0 Å². The lowest BCUT2D eigenvalue weighted by molar-refractivity contribution is -0.136. The van der Waals surface area contributed by atoms with Gasteiger partial charge in [0.2, 0.25) is 11.8 Å². The number of aliphatic hydroxyl groups is 1. The largest absolute Gasteiger partial charge is 0.391 e. The number of hydrogen-bond donors (Lipinski definition) is 3. The van der Waals surface area contributed by atoms with Crippen molar-refractivity contribution in [2.45, 2.75) is 31.8 Å². The molecule has 21 heavy (non-hydrogen) atoms. The lowest BCUT2D eigenvalue weighted by Crippen LogP contribution is -2.47. The minimum Gasteiger partial charge on any atom is -0.391 e. The predicted octanol–water partition coefficient (Wildman–Crippen LogP) is -0.668. The fraction of sp³-hybridized carbons (Fsp3) is 0.867. The molecule has 2 amide bonds. The van der Waals surface area contributed by atoms with Gasteiger partial charge in [0.1, 0.15) is 0 Å². The van der Waals surface area contributed by atoms with Crippen LogP contribution in [0.4, 0.5) is 0 Å². The van der Waals surface area contributed by atoms with Crippen LogP contribution in [0.2, 0.25) is 0 Å². The van der Waals surface area contributed by atoms with Gasteiger partial charge in [0.25, 0.3) is 0 Å². The first-order chi connectivity index (χ1) is 10.1. The monoisotopic (exact) mass is 295 g/mol. The average Bonchev–Trinajstić information content (AvgIpc) is 3.27. The summed E-state index contributed by atoms with van der Waals surface area (Å²) in [5.41, 5.74) is 0. The average molecular weight is 295 g/mol. The summed E-state index contributed by atoms with van der Waals surface area (Å²) in [7, 11) is 0. The molecule has 2 heterocycles. The maximum absolute atomic E-state index is 12.3. The molecule has 2 aliphatic heterocycles. The number of β-amino-alcohol motifs (C(OH)–C–C–N with tert-alkyl or cyclic N) is 1. The molecule has 6 nitrogen and oxygen atoms in total. The van der Waals surface area contributed by atoms with Gasteiger partial charge in [-0.05, 0) is 25.7 Å². The second kappa shape index (κ2) is 6.32. The molecule has 0 radical (unpaired) electrons. The number of nitrogens with one attached hydrogen (secondary N) is 2. The summed E-state index contributed by atoms with van der Waals surface area (Å²) in [6.45, 7) is 3.23. The van der Waals surface area contributed by atoms with E-state index in [9.17, 15) is 14.7 Å². The third-order valence-corrected chi connectivity index (χ3v) is 4.87. The van der Waals surface area contributed by atoms with E-state index in [2.05, 4.69) is 10.6 Å². The summed E-state index contributed by atoms with van der Waals surface area (Å²) in [6.07, 6.45) is 3.41. The van der Waals surface area contributed by atoms with E-state index >= 15 is 0 Å². The lowest BCUT2D eigenvalue weighted by Gasteiger charge is -2.32. The van der Waals surface area contributed by atoms with E-state index in [1.807, 2.05) is 4.90 Å². The molecule has 2 saturated heterocycles. The molecule has 6 heteroatoms. The number of likely N-dealkylation sites (tertiary alicyclic amines) is 1. The van der Waals surface area contributed by atoms with Crippen LogP contribution in [0.1, 0.15) is 25.7 Å². The second-order valence-corrected chi connectivity index (χ2v) is 6.63. The van der Waals surface area contributed by atoms with Gasteiger partial charge in [0.05, 0.1) is 12.0 Å². The molecule has 3 aliphatic rings. The highest BCUT2D eigenvalue weighted by molar-refractivity contribution is 5.83. The Hall–Kier alpha value is -1.14. The van der Waals surface area contributed by atoms with E-state index in [1.165, 1.54) is 0 Å². The van der Waals surface area contributed by atoms with E-state index in [1.54, 1.807) is 0 Å². The van der Waals surface area contributed by atoms with E-state index in [0.29, 0.717) is 19.6 Å². The van der Waals surface area contributed by atoms with Gasteiger partial charge in [-0.15, -0.1) is 0 Å². The Labute approximate surface area is 125 Å². The summed E-state index contributed by atoms with van der Waals surface area (Å²) in [4.78, 5) is 26.2. The Morgan fingerprint density at radius 2 is 2.00 bits per heavy atom. The minimum atomic E-state index is -0.371. The number of carbonyl (C=O) groups is 2. The maximum atomic E-state index is 12.3. The molecular formula is C15H25N3O3. The topological polar surface area (TPSA) is 81.7 Å². The highest BCUT2D eigenvalue weighted by Crippen LogP contribution is 2.32. The molecule has 0 aromatic heterocycles. The zero-order chi connectivity index (χ0) is 14.8. The SMILES string of the molecule is O=C(NCC1CNCC1O)C1CCCN(C(=O)C2CC2)C1. The zero-order valence-electron chi connectivity index (χ0n) is 12.4. The number of rotatable bonds is 4. The summed E-state index contributed by atoms with van der Waals surface area (Å²) in [6, 6.07) is 0. The molecule has 3 rings (SSSR count). The quantitative estimate of drug-likeness (QED) is 0.642. The molecular weight excluding hydrogens is 270 g/mol. The van der Waals surface area contributed by atoms with Gasteiger partial charge < -0.3 is 20.6 Å². The molecule has 0 bridgehead atoms. The van der Waals surface area contributed by atoms with Crippen molar-refractivity contribution in [1.82, 2.24) is 15.5 Å². The zero-order valence-corrected chi connectivity index (χ0v) is 12.4. The van der Waals surface area contributed by atoms with Gasteiger partial charge in [-0.2, -0.15) is 0 Å². The van der Waals surface area contributed by atoms with Crippen LogP contribution >= 0.6 is 0 Å². The van der Waals surface area contributed by atoms with Crippen LogP contribution in [0.3, 0.4) is 0 Å². The number of nitrogens with zero attached hydrogens (tertiary/aromatic N) is 1. The Morgan fingerprint density at radius 1 is 1.19 bits per heavy atom. The summed E-state index contributed by atoms with van der Waals surface area (Å²) in [5, 5.41) is 15.8. The number of piperidine rings is 1. The van der Waals surface area contributed by atoms with Crippen molar-refractivity contribution in [3.63, 3.8) is 0 Å². The van der Waals surface area contributed by atoms with Crippen LogP contribution in [-0.2, 0) is 9.59 Å². The van der Waals surface area contributed by atoms with Crippen molar-refractivity contribution in [2.24, 2.45) is 17.8 Å². The van der Waals surface area contributed by atoms with Crippen LogP contribution in [0.5, 0.6) is 0 Å². The van der Waals surface area contributed by atoms with Gasteiger partial charge in [-0.1, -0.05) is 0 Å². The Balaban J connectivity index is 1.46. The van der Waals surface area contributed by atoms with Crippen molar-refractivity contribution < 1.29 is 14.7 Å². The first-order valence-corrected chi connectivity index (χ1v) is 8.10. The molecule has 0 aromatic rings. The molecule has 3 fully saturated rings. The Morgan fingerprint density at radius 3 is 2.67 bits per heavy atom. The normalized spacial score (nSPS) is 33.0. The summed E-state index contributed by atoms with van der Waals surface area (Å²) in [5.74, 6) is 0.506. The molecule has 118 valence electrons. The van der Waals surface area contributed by atoms with Gasteiger partial charge in [-0.3, -0.25) is 9.59 Å². The molecule has 1 saturated carbocycles. The number of aliphatic hydroxyl groups excluding tert-OH is 1. The van der Waals surface area contributed by atoms with Crippen molar-refractivity contribution in [3.8, 4) is 0 Å². The van der Waals surface area contributed by atoms with Crippen LogP contribution in [-0.4, -0.2) is 60.6 Å². The van der Waals surface area contributed by atoms with Crippen LogP contribution < -0.4 is 10.6 Å². The number of amides is 2. The molecule has 1 aliphatic carbocycles. The van der Waals surface area contributed by atoms with Crippen molar-refractivity contribution in [2.75, 3.05) is 32.7 Å². The highest BCUT2D eigenvalue weighted by Gasteiger charge is 2.37. The number of carbonyl (C=O) groups excluding carboxylic acids is 2. The van der Waals surface area contributed by atoms with Crippen LogP contribution in [0, 0.1) is 17.8 Å². The van der Waals surface area contributed by atoms with E-state index < -0.39 is 0 Å². The van der Waals surface area contributed by atoms with Crippen LogP contribution in [0.15, 0.2) is 0 Å². The second-order valence-electron chi connectivity index (χ2n) is 6.63. The van der Waals surface area contributed by atoms with Crippen molar-refractivity contribution in [1.29, 1.82) is 0 Å². The van der Waals surface area contributed by atoms with E-state index in [0.717, 1.165) is 38.8 Å². The predicted molar refractivity (Wildman–Crippen MR) is 77.4 cm³/mol. The minimum absolute atomic E-state index is 0.0300. The smallest absolute Gasteiger partial charge is 0.225 e. The molecule has 0 spiro atoms. The standard InChI is InChI=1S/C15H25N3O3/c19-13-8-16-6-12(13)7-17-14(20)11-2-1-5-18(9-11)15(21)10-3-4-10/h10-13,16,19H,1-9H2,(H,17,20). The fourth-order valence-electron chi connectivity index (χ4n) is 3.28.